The molecule has 0 saturated heterocycles. The number of anilines is 1. The average Bonchev–Trinajstić information content (AvgIpc) is 2.53. The zero-order chi connectivity index (χ0) is 16.6. The van der Waals surface area contributed by atoms with Crippen molar-refractivity contribution in [3.8, 4) is 11.4 Å². The Kier molecular flexibility index (Phi) is 3.80. The van der Waals surface area contributed by atoms with Crippen molar-refractivity contribution in [2.24, 2.45) is 0 Å². The summed E-state index contributed by atoms with van der Waals surface area (Å²) in [5, 5.41) is 4.25. The lowest BCUT2D eigenvalue weighted by Crippen LogP contribution is -2.10. The third-order valence-corrected chi connectivity index (χ3v) is 4.10. The van der Waals surface area contributed by atoms with Crippen LogP contribution in [0.5, 0.6) is 0 Å². The largest absolute Gasteiger partial charge is 0.373 e. The minimum atomic E-state index is 0.149. The summed E-state index contributed by atoms with van der Waals surface area (Å²) < 4.78 is 0. The third kappa shape index (κ3) is 3.04. The lowest BCUT2D eigenvalue weighted by atomic mass is 9.87. The van der Waals surface area contributed by atoms with Gasteiger partial charge in [-0.25, -0.2) is 9.97 Å². The van der Waals surface area contributed by atoms with Gasteiger partial charge in [0.25, 0.3) is 0 Å². The monoisotopic (exact) mass is 305 g/mol. The third-order valence-electron chi connectivity index (χ3n) is 4.10. The molecule has 0 aliphatic rings. The van der Waals surface area contributed by atoms with Gasteiger partial charge in [0.1, 0.15) is 5.82 Å². The summed E-state index contributed by atoms with van der Waals surface area (Å²) in [5.41, 5.74) is 4.67. The molecule has 3 rings (SSSR count). The summed E-state index contributed by atoms with van der Waals surface area (Å²) in [5.74, 6) is 1.62. The second-order valence-electron chi connectivity index (χ2n) is 6.99. The molecule has 0 radical (unpaired) electrons. The minimum Gasteiger partial charge on any atom is -0.373 e. The van der Waals surface area contributed by atoms with Crippen molar-refractivity contribution in [2.75, 3.05) is 12.4 Å². The molecule has 1 aromatic heterocycles. The standard InChI is InChI=1S/C20H23N3/c1-13-6-11-17-16(12-13)19(21-5)23-18(22-17)14-7-9-15(10-8-14)20(2,3)4/h6-12H,1-5H3,(H,21,22,23). The quantitative estimate of drug-likeness (QED) is 0.728. The van der Waals surface area contributed by atoms with Crippen molar-refractivity contribution in [1.29, 1.82) is 0 Å². The van der Waals surface area contributed by atoms with Gasteiger partial charge in [0, 0.05) is 18.0 Å². The second kappa shape index (κ2) is 5.65. The van der Waals surface area contributed by atoms with Crippen molar-refractivity contribution >= 4 is 16.7 Å². The zero-order valence-corrected chi connectivity index (χ0v) is 14.4. The molecule has 3 nitrogen and oxygen atoms in total. The number of nitrogens with one attached hydrogen (secondary N) is 1. The van der Waals surface area contributed by atoms with E-state index in [1.807, 2.05) is 7.05 Å². The van der Waals surface area contributed by atoms with E-state index in [-0.39, 0.29) is 5.41 Å². The topological polar surface area (TPSA) is 37.8 Å². The molecule has 0 atom stereocenters. The van der Waals surface area contributed by atoms with Gasteiger partial charge >= 0.3 is 0 Å². The van der Waals surface area contributed by atoms with Crippen molar-refractivity contribution < 1.29 is 0 Å². The van der Waals surface area contributed by atoms with Crippen LogP contribution in [0.25, 0.3) is 22.3 Å². The predicted molar refractivity (Wildman–Crippen MR) is 98.0 cm³/mol. The first-order chi connectivity index (χ1) is 10.9. The SMILES string of the molecule is CNc1nc(-c2ccc(C(C)(C)C)cc2)nc2ccc(C)cc12. The number of nitrogens with zero attached hydrogens (tertiary/aromatic N) is 2. The van der Waals surface area contributed by atoms with Gasteiger partial charge in [-0.1, -0.05) is 56.7 Å². The highest BCUT2D eigenvalue weighted by atomic mass is 15.0. The molecule has 0 unspecified atom stereocenters. The van der Waals surface area contributed by atoms with Crippen LogP contribution in [0.3, 0.4) is 0 Å². The van der Waals surface area contributed by atoms with E-state index in [4.69, 9.17) is 9.97 Å². The van der Waals surface area contributed by atoms with Crippen LogP contribution in [0, 0.1) is 6.92 Å². The maximum Gasteiger partial charge on any atom is 0.162 e. The van der Waals surface area contributed by atoms with E-state index in [2.05, 4.69) is 75.5 Å². The van der Waals surface area contributed by atoms with Crippen LogP contribution in [-0.4, -0.2) is 17.0 Å². The van der Waals surface area contributed by atoms with E-state index >= 15 is 0 Å². The van der Waals surface area contributed by atoms with Gasteiger partial charge in [-0.3, -0.25) is 0 Å². The van der Waals surface area contributed by atoms with Gasteiger partial charge in [0.2, 0.25) is 0 Å². The Hall–Kier alpha value is -2.42. The molecular weight excluding hydrogens is 282 g/mol. The Morgan fingerprint density at radius 2 is 1.61 bits per heavy atom. The van der Waals surface area contributed by atoms with Crippen LogP contribution in [-0.2, 0) is 5.41 Å². The highest BCUT2D eigenvalue weighted by molar-refractivity contribution is 5.91. The molecule has 0 saturated carbocycles. The van der Waals surface area contributed by atoms with E-state index < -0.39 is 0 Å². The summed E-state index contributed by atoms with van der Waals surface area (Å²) in [6, 6.07) is 14.8. The number of rotatable bonds is 2. The fourth-order valence-corrected chi connectivity index (χ4v) is 2.68. The molecular formula is C20H23N3. The van der Waals surface area contributed by atoms with Crippen molar-refractivity contribution in [3.63, 3.8) is 0 Å². The highest BCUT2D eigenvalue weighted by Gasteiger charge is 2.14. The summed E-state index contributed by atoms with van der Waals surface area (Å²) >= 11 is 0. The van der Waals surface area contributed by atoms with Crippen LogP contribution in [0.1, 0.15) is 31.9 Å². The van der Waals surface area contributed by atoms with Gasteiger partial charge in [0.15, 0.2) is 5.82 Å². The van der Waals surface area contributed by atoms with Gasteiger partial charge < -0.3 is 5.32 Å². The second-order valence-corrected chi connectivity index (χ2v) is 6.99. The van der Waals surface area contributed by atoms with Crippen LogP contribution in [0.2, 0.25) is 0 Å². The summed E-state index contributed by atoms with van der Waals surface area (Å²) in [7, 11) is 1.90. The van der Waals surface area contributed by atoms with Gasteiger partial charge in [-0.15, -0.1) is 0 Å². The highest BCUT2D eigenvalue weighted by Crippen LogP contribution is 2.28. The predicted octanol–water partition coefficient (Wildman–Crippen LogP) is 4.94. The number of fused-ring (bicyclic) bond motifs is 1. The average molecular weight is 305 g/mol. The van der Waals surface area contributed by atoms with Crippen LogP contribution in [0.4, 0.5) is 5.82 Å². The molecule has 23 heavy (non-hydrogen) atoms. The van der Waals surface area contributed by atoms with Crippen molar-refractivity contribution in [3.05, 3.63) is 53.6 Å². The molecule has 3 heteroatoms. The summed E-state index contributed by atoms with van der Waals surface area (Å²) in [6.07, 6.45) is 0. The number of hydrogen-bond acceptors (Lipinski definition) is 3. The Morgan fingerprint density at radius 3 is 2.22 bits per heavy atom. The molecule has 0 aliphatic heterocycles. The summed E-state index contributed by atoms with van der Waals surface area (Å²) in [4.78, 5) is 9.44. The van der Waals surface area contributed by atoms with Crippen LogP contribution >= 0.6 is 0 Å². The maximum absolute atomic E-state index is 4.74. The number of aryl methyl sites for hydroxylation is 1. The lowest BCUT2D eigenvalue weighted by molar-refractivity contribution is 0.590. The summed E-state index contributed by atoms with van der Waals surface area (Å²) in [6.45, 7) is 8.74. The fourth-order valence-electron chi connectivity index (χ4n) is 2.68. The molecule has 0 amide bonds. The molecule has 0 aliphatic carbocycles. The first kappa shape index (κ1) is 15.5. The Bertz CT molecular complexity index is 843. The van der Waals surface area contributed by atoms with E-state index in [1.54, 1.807) is 0 Å². The van der Waals surface area contributed by atoms with Gasteiger partial charge in [-0.2, -0.15) is 0 Å². The Balaban J connectivity index is 2.11. The molecule has 0 bridgehead atoms. The van der Waals surface area contributed by atoms with E-state index in [0.29, 0.717) is 0 Å². The molecule has 0 spiro atoms. The number of aromatic nitrogens is 2. The van der Waals surface area contributed by atoms with Gasteiger partial charge in [-0.05, 0) is 30.0 Å². The maximum atomic E-state index is 4.74. The fraction of sp³-hybridized carbons (Fsp3) is 0.300. The Morgan fingerprint density at radius 1 is 0.913 bits per heavy atom. The van der Waals surface area contributed by atoms with Crippen molar-refractivity contribution in [1.82, 2.24) is 9.97 Å². The van der Waals surface area contributed by atoms with Gasteiger partial charge in [0.05, 0.1) is 5.52 Å². The lowest BCUT2D eigenvalue weighted by Gasteiger charge is -2.19. The molecule has 3 aromatic rings. The normalized spacial score (nSPS) is 11.7. The van der Waals surface area contributed by atoms with Crippen LogP contribution in [0.15, 0.2) is 42.5 Å². The first-order valence-electron chi connectivity index (χ1n) is 7.95. The zero-order valence-electron chi connectivity index (χ0n) is 14.4. The molecule has 0 fully saturated rings. The molecule has 2 aromatic carbocycles. The first-order valence-corrected chi connectivity index (χ1v) is 7.95. The molecule has 1 N–H and O–H groups in total. The van der Waals surface area contributed by atoms with E-state index in [1.165, 1.54) is 11.1 Å². The van der Waals surface area contributed by atoms with Crippen LogP contribution < -0.4 is 5.32 Å². The Labute approximate surface area is 137 Å². The smallest absolute Gasteiger partial charge is 0.162 e. The molecule has 1 heterocycles. The van der Waals surface area contributed by atoms with E-state index in [9.17, 15) is 0 Å². The van der Waals surface area contributed by atoms with E-state index in [0.717, 1.165) is 28.1 Å². The van der Waals surface area contributed by atoms with Crippen molar-refractivity contribution in [2.45, 2.75) is 33.1 Å². The number of benzene rings is 2. The minimum absolute atomic E-state index is 0.149. The number of hydrogen-bond donors (Lipinski definition) is 1. The molecule has 118 valence electrons.